The zero-order valence-corrected chi connectivity index (χ0v) is 9.87. The lowest BCUT2D eigenvalue weighted by molar-refractivity contribution is 0.468. The maximum Gasteiger partial charge on any atom is 0.151 e. The fourth-order valence-electron chi connectivity index (χ4n) is 2.41. The molecule has 1 aromatic rings. The summed E-state index contributed by atoms with van der Waals surface area (Å²) >= 11 is 3.45. The molecule has 2 rings (SSSR count). The summed E-state index contributed by atoms with van der Waals surface area (Å²) in [6.07, 6.45) is 3.71. The Kier molecular flexibility index (Phi) is 2.88. The normalized spacial score (nSPS) is 27.1. The van der Waals surface area contributed by atoms with Crippen LogP contribution < -0.4 is 5.73 Å². The van der Waals surface area contributed by atoms with Crippen LogP contribution in [0, 0.1) is 5.92 Å². The molecule has 0 amide bonds. The highest BCUT2D eigenvalue weighted by atomic mass is 79.9. The van der Waals surface area contributed by atoms with Crippen molar-refractivity contribution >= 4 is 15.9 Å². The summed E-state index contributed by atoms with van der Waals surface area (Å²) in [5.41, 5.74) is 6.97. The molecule has 0 saturated heterocycles. The molecule has 1 saturated carbocycles. The van der Waals surface area contributed by atoms with Gasteiger partial charge in [-0.15, -0.1) is 5.10 Å². The van der Waals surface area contributed by atoms with Crippen molar-refractivity contribution in [3.05, 3.63) is 10.3 Å². The smallest absolute Gasteiger partial charge is 0.151 e. The number of rotatable bonds is 2. The molecule has 0 aliphatic heterocycles. The maximum atomic E-state index is 5.77. The molecule has 1 aromatic heterocycles. The van der Waals surface area contributed by atoms with Gasteiger partial charge >= 0.3 is 0 Å². The molecule has 1 heterocycles. The van der Waals surface area contributed by atoms with Crippen LogP contribution in [0.4, 0.5) is 0 Å². The van der Waals surface area contributed by atoms with Crippen LogP contribution in [0.1, 0.15) is 30.9 Å². The number of aromatic nitrogens is 3. The second-order valence-electron chi connectivity index (χ2n) is 3.92. The van der Waals surface area contributed by atoms with Crippen LogP contribution in [0.3, 0.4) is 0 Å². The molecule has 1 aliphatic carbocycles. The van der Waals surface area contributed by atoms with Crippen LogP contribution in [-0.2, 0) is 7.05 Å². The van der Waals surface area contributed by atoms with Crippen LogP contribution in [-0.4, -0.2) is 21.5 Å². The molecule has 1 aliphatic rings. The summed E-state index contributed by atoms with van der Waals surface area (Å²) in [5.74, 6) is 1.14. The van der Waals surface area contributed by atoms with Gasteiger partial charge in [-0.3, -0.25) is 4.68 Å². The molecule has 2 atom stereocenters. The maximum absolute atomic E-state index is 5.77. The first kappa shape index (κ1) is 10.1. The molecule has 4 nitrogen and oxygen atoms in total. The van der Waals surface area contributed by atoms with E-state index in [0.717, 1.165) is 11.1 Å². The first-order chi connectivity index (χ1) is 6.74. The Morgan fingerprint density at radius 1 is 1.57 bits per heavy atom. The van der Waals surface area contributed by atoms with Crippen LogP contribution in [0.15, 0.2) is 4.60 Å². The van der Waals surface area contributed by atoms with E-state index in [2.05, 4.69) is 26.2 Å². The molecule has 5 heteroatoms. The van der Waals surface area contributed by atoms with E-state index in [4.69, 9.17) is 5.73 Å². The number of aryl methyl sites for hydroxylation is 1. The van der Waals surface area contributed by atoms with E-state index in [1.165, 1.54) is 25.0 Å². The number of hydrogen-bond acceptors (Lipinski definition) is 3. The zero-order chi connectivity index (χ0) is 10.1. The first-order valence-corrected chi connectivity index (χ1v) is 5.78. The molecule has 0 aromatic carbocycles. The number of hydrogen-bond donors (Lipinski definition) is 1. The molecule has 0 spiro atoms. The van der Waals surface area contributed by atoms with Crippen molar-refractivity contribution in [3.8, 4) is 0 Å². The summed E-state index contributed by atoms with van der Waals surface area (Å²) in [4.78, 5) is 0. The van der Waals surface area contributed by atoms with Crippen molar-refractivity contribution in [2.24, 2.45) is 18.7 Å². The minimum Gasteiger partial charge on any atom is -0.330 e. The summed E-state index contributed by atoms with van der Waals surface area (Å²) in [6, 6.07) is 0. The highest BCUT2D eigenvalue weighted by Gasteiger charge is 2.31. The highest BCUT2D eigenvalue weighted by Crippen LogP contribution is 2.40. The van der Waals surface area contributed by atoms with Crippen molar-refractivity contribution in [1.29, 1.82) is 0 Å². The van der Waals surface area contributed by atoms with E-state index >= 15 is 0 Å². The van der Waals surface area contributed by atoms with E-state index in [9.17, 15) is 0 Å². The van der Waals surface area contributed by atoms with Crippen molar-refractivity contribution in [2.75, 3.05) is 6.54 Å². The van der Waals surface area contributed by atoms with E-state index in [-0.39, 0.29) is 0 Å². The molecule has 0 bridgehead atoms. The third kappa shape index (κ3) is 1.59. The Bertz CT molecular complexity index is 303. The fourth-order valence-corrected chi connectivity index (χ4v) is 3.03. The van der Waals surface area contributed by atoms with Gasteiger partial charge < -0.3 is 5.73 Å². The van der Waals surface area contributed by atoms with Crippen molar-refractivity contribution in [2.45, 2.75) is 25.2 Å². The molecular formula is C9H15BrN4. The van der Waals surface area contributed by atoms with Crippen LogP contribution >= 0.6 is 15.9 Å². The molecule has 78 valence electrons. The highest BCUT2D eigenvalue weighted by molar-refractivity contribution is 9.10. The van der Waals surface area contributed by atoms with Crippen LogP contribution in [0.5, 0.6) is 0 Å². The van der Waals surface area contributed by atoms with Gasteiger partial charge in [0.1, 0.15) is 0 Å². The number of nitrogens with two attached hydrogens (primary N) is 1. The van der Waals surface area contributed by atoms with Crippen molar-refractivity contribution in [3.63, 3.8) is 0 Å². The van der Waals surface area contributed by atoms with Crippen LogP contribution in [0.25, 0.3) is 0 Å². The van der Waals surface area contributed by atoms with E-state index in [1.807, 2.05) is 11.7 Å². The van der Waals surface area contributed by atoms with Gasteiger partial charge in [0.2, 0.25) is 0 Å². The quantitative estimate of drug-likeness (QED) is 0.873. The lowest BCUT2D eigenvalue weighted by Crippen LogP contribution is -2.19. The second kappa shape index (κ2) is 3.98. The van der Waals surface area contributed by atoms with Gasteiger partial charge in [0.25, 0.3) is 0 Å². The Labute approximate surface area is 92.0 Å². The van der Waals surface area contributed by atoms with Crippen molar-refractivity contribution in [1.82, 2.24) is 15.0 Å². The molecule has 2 N–H and O–H groups in total. The molecule has 14 heavy (non-hydrogen) atoms. The third-order valence-electron chi connectivity index (χ3n) is 3.14. The van der Waals surface area contributed by atoms with Gasteiger partial charge in [0, 0.05) is 13.0 Å². The lowest BCUT2D eigenvalue weighted by atomic mass is 9.93. The largest absolute Gasteiger partial charge is 0.330 e. The van der Waals surface area contributed by atoms with E-state index in [0.29, 0.717) is 11.8 Å². The first-order valence-electron chi connectivity index (χ1n) is 4.99. The summed E-state index contributed by atoms with van der Waals surface area (Å²) in [5, 5.41) is 8.03. The average Bonchev–Trinajstić information content (AvgIpc) is 2.73. The Morgan fingerprint density at radius 2 is 2.36 bits per heavy atom. The van der Waals surface area contributed by atoms with Gasteiger partial charge in [0.05, 0.1) is 5.69 Å². The average molecular weight is 259 g/mol. The topological polar surface area (TPSA) is 56.7 Å². The molecule has 1 fully saturated rings. The fraction of sp³-hybridized carbons (Fsp3) is 0.778. The van der Waals surface area contributed by atoms with Crippen molar-refractivity contribution < 1.29 is 0 Å². The minimum absolute atomic E-state index is 0.536. The van der Waals surface area contributed by atoms with Gasteiger partial charge in [0.15, 0.2) is 4.60 Å². The van der Waals surface area contributed by atoms with Crippen LogP contribution in [0.2, 0.25) is 0 Å². The zero-order valence-electron chi connectivity index (χ0n) is 8.28. The van der Waals surface area contributed by atoms with Gasteiger partial charge in [-0.2, -0.15) is 0 Å². The van der Waals surface area contributed by atoms with E-state index < -0.39 is 0 Å². The van der Waals surface area contributed by atoms with Gasteiger partial charge in [-0.05, 0) is 41.2 Å². The minimum atomic E-state index is 0.536. The summed E-state index contributed by atoms with van der Waals surface area (Å²) in [7, 11) is 1.94. The Morgan fingerprint density at radius 3 is 2.93 bits per heavy atom. The molecule has 0 radical (unpaired) electrons. The third-order valence-corrected chi connectivity index (χ3v) is 3.70. The molecular weight excluding hydrogens is 244 g/mol. The van der Waals surface area contributed by atoms with E-state index in [1.54, 1.807) is 0 Å². The summed E-state index contributed by atoms with van der Waals surface area (Å²) in [6.45, 7) is 0.766. The predicted octanol–water partition coefficient (Wildman–Crippen LogP) is 1.42. The standard InChI is InChI=1S/C9H15BrN4/c1-14-8(9(10)12-13-14)7-4-2-3-6(7)5-11/h6-7H,2-5,11H2,1H3. The lowest BCUT2D eigenvalue weighted by Gasteiger charge is -2.17. The number of halogens is 1. The van der Waals surface area contributed by atoms with Gasteiger partial charge in [-0.25, -0.2) is 0 Å². The Hall–Kier alpha value is -0.420. The predicted molar refractivity (Wildman–Crippen MR) is 57.8 cm³/mol. The monoisotopic (exact) mass is 258 g/mol. The Balaban J connectivity index is 2.29. The SMILES string of the molecule is Cn1nnc(Br)c1C1CCCC1CN. The van der Waals surface area contributed by atoms with Gasteiger partial charge in [-0.1, -0.05) is 11.6 Å². The number of nitrogens with zero attached hydrogens (tertiary/aromatic N) is 3. The second-order valence-corrected chi connectivity index (χ2v) is 4.67. The summed E-state index contributed by atoms with van der Waals surface area (Å²) < 4.78 is 2.74. The molecule has 2 unspecified atom stereocenters.